The number of carbonyl (C=O) groups excluding carboxylic acids is 2. The molecule has 0 atom stereocenters. The minimum atomic E-state index is -1.06. The van der Waals surface area contributed by atoms with Crippen molar-refractivity contribution in [3.8, 4) is 0 Å². The summed E-state index contributed by atoms with van der Waals surface area (Å²) in [5.74, 6) is -1.22. The molecule has 0 saturated heterocycles. The summed E-state index contributed by atoms with van der Waals surface area (Å²) in [6.45, 7) is 0.333. The molecule has 1 fully saturated rings. The first-order valence-corrected chi connectivity index (χ1v) is 9.18. The van der Waals surface area contributed by atoms with E-state index in [0.717, 1.165) is 12.8 Å². The molecule has 0 unspecified atom stereocenters. The number of hydrogen-bond donors (Lipinski definition) is 2. The van der Waals surface area contributed by atoms with Gasteiger partial charge in [-0.05, 0) is 25.0 Å². The van der Waals surface area contributed by atoms with Gasteiger partial charge in [0, 0.05) is 31.3 Å². The Morgan fingerprint density at radius 1 is 1.31 bits per heavy atom. The molecule has 0 bridgehead atoms. The Hall–Kier alpha value is -2.74. The number of aromatic nitrogens is 1. The van der Waals surface area contributed by atoms with Gasteiger partial charge in [0.25, 0.3) is 5.91 Å². The van der Waals surface area contributed by atoms with Crippen LogP contribution in [0.15, 0.2) is 29.6 Å². The Bertz CT molecular complexity index is 844. The third-order valence-electron chi connectivity index (χ3n) is 4.16. The highest BCUT2D eigenvalue weighted by Gasteiger charge is 2.33. The fourth-order valence-electron chi connectivity index (χ4n) is 2.58. The minimum absolute atomic E-state index is 0.0156. The average Bonchev–Trinajstić information content (AvgIpc) is 3.38. The summed E-state index contributed by atoms with van der Waals surface area (Å²) in [7, 11) is 1.69. The van der Waals surface area contributed by atoms with Crippen molar-refractivity contribution in [3.63, 3.8) is 0 Å². The zero-order chi connectivity index (χ0) is 18.7. The van der Waals surface area contributed by atoms with E-state index in [9.17, 15) is 14.4 Å². The number of thiazole rings is 1. The van der Waals surface area contributed by atoms with Crippen LogP contribution in [0.25, 0.3) is 0 Å². The van der Waals surface area contributed by atoms with Gasteiger partial charge in [0.15, 0.2) is 5.69 Å². The van der Waals surface area contributed by atoms with Crippen molar-refractivity contribution in [3.05, 3.63) is 45.9 Å². The highest BCUT2D eigenvalue weighted by Crippen LogP contribution is 2.33. The van der Waals surface area contributed by atoms with Gasteiger partial charge in [0.05, 0.1) is 16.3 Å². The molecule has 2 N–H and O–H groups in total. The first-order valence-electron chi connectivity index (χ1n) is 8.30. The van der Waals surface area contributed by atoms with E-state index < -0.39 is 5.97 Å². The number of aromatic carboxylic acids is 1. The van der Waals surface area contributed by atoms with Crippen LogP contribution in [0.2, 0.25) is 0 Å². The van der Waals surface area contributed by atoms with Gasteiger partial charge in [0.2, 0.25) is 5.91 Å². The number of anilines is 1. The number of carbonyl (C=O) groups is 3. The molecule has 0 aliphatic heterocycles. The van der Waals surface area contributed by atoms with Crippen molar-refractivity contribution >= 4 is 34.8 Å². The maximum absolute atomic E-state index is 12.5. The Kier molecular flexibility index (Phi) is 5.32. The van der Waals surface area contributed by atoms with Crippen LogP contribution in [0.1, 0.15) is 38.7 Å². The van der Waals surface area contributed by atoms with Crippen LogP contribution in [0.5, 0.6) is 0 Å². The van der Waals surface area contributed by atoms with Crippen molar-refractivity contribution in [1.29, 1.82) is 0 Å². The number of nitrogens with zero attached hydrogens (tertiary/aromatic N) is 2. The number of nitrogens with one attached hydrogen (secondary N) is 1. The predicted octanol–water partition coefficient (Wildman–Crippen LogP) is 2.19. The van der Waals surface area contributed by atoms with Crippen molar-refractivity contribution in [1.82, 2.24) is 10.3 Å². The highest BCUT2D eigenvalue weighted by molar-refractivity contribution is 7.09. The van der Waals surface area contributed by atoms with Gasteiger partial charge in [-0.2, -0.15) is 0 Å². The van der Waals surface area contributed by atoms with E-state index in [2.05, 4.69) is 10.3 Å². The predicted molar refractivity (Wildman–Crippen MR) is 97.7 cm³/mol. The van der Waals surface area contributed by atoms with E-state index >= 15 is 0 Å². The molecular weight excluding hydrogens is 354 g/mol. The molecule has 1 aliphatic rings. The molecule has 1 aliphatic carbocycles. The van der Waals surface area contributed by atoms with Crippen LogP contribution in [0.4, 0.5) is 5.69 Å². The fraction of sp³-hybridized carbons (Fsp3) is 0.333. The quantitative estimate of drug-likeness (QED) is 0.775. The van der Waals surface area contributed by atoms with Crippen LogP contribution in [-0.4, -0.2) is 41.5 Å². The lowest BCUT2D eigenvalue weighted by Crippen LogP contribution is -2.32. The smallest absolute Gasteiger partial charge is 0.355 e. The number of para-hydroxylation sites is 1. The molecule has 1 aromatic carbocycles. The molecule has 26 heavy (non-hydrogen) atoms. The topological polar surface area (TPSA) is 99.6 Å². The lowest BCUT2D eigenvalue weighted by molar-refractivity contribution is -0.119. The third kappa shape index (κ3) is 4.08. The number of benzene rings is 1. The normalized spacial score (nSPS) is 13.3. The second-order valence-corrected chi connectivity index (χ2v) is 7.07. The lowest BCUT2D eigenvalue weighted by atomic mass is 10.1. The van der Waals surface area contributed by atoms with Gasteiger partial charge in [0.1, 0.15) is 0 Å². The van der Waals surface area contributed by atoms with Gasteiger partial charge in [-0.3, -0.25) is 9.59 Å². The molecule has 7 nitrogen and oxygen atoms in total. The van der Waals surface area contributed by atoms with Gasteiger partial charge < -0.3 is 15.3 Å². The van der Waals surface area contributed by atoms with Gasteiger partial charge in [-0.25, -0.2) is 9.78 Å². The van der Waals surface area contributed by atoms with E-state index in [4.69, 9.17) is 5.11 Å². The summed E-state index contributed by atoms with van der Waals surface area (Å²) in [5.41, 5.74) is 1.04. The summed E-state index contributed by atoms with van der Waals surface area (Å²) in [5, 5.41) is 13.8. The Labute approximate surface area is 154 Å². The van der Waals surface area contributed by atoms with Crippen molar-refractivity contribution in [2.45, 2.75) is 19.3 Å². The number of rotatable bonds is 7. The molecular formula is C18H19N3O4S. The highest BCUT2D eigenvalue weighted by atomic mass is 32.1. The molecule has 3 rings (SSSR count). The molecule has 2 amide bonds. The van der Waals surface area contributed by atoms with Crippen LogP contribution in [-0.2, 0) is 11.2 Å². The lowest BCUT2D eigenvalue weighted by Gasteiger charge is -2.20. The number of carboxylic acids is 1. The summed E-state index contributed by atoms with van der Waals surface area (Å²) in [6, 6.07) is 7.00. The first-order chi connectivity index (χ1) is 12.5. The van der Waals surface area contributed by atoms with Crippen molar-refractivity contribution < 1.29 is 19.5 Å². The van der Waals surface area contributed by atoms with Crippen LogP contribution >= 0.6 is 11.3 Å². The minimum Gasteiger partial charge on any atom is -0.476 e. The standard InChI is InChI=1S/C18H19N3O4S/c1-21(17(23)11-6-7-11)14-5-3-2-4-12(14)16(22)19-9-8-15-20-13(10-26-15)18(24)25/h2-5,10-11H,6-9H2,1H3,(H,19,22)(H,24,25). The first kappa shape index (κ1) is 18.1. The Balaban J connectivity index is 1.62. The fourth-order valence-corrected chi connectivity index (χ4v) is 3.36. The van der Waals surface area contributed by atoms with E-state index in [1.165, 1.54) is 16.7 Å². The summed E-state index contributed by atoms with van der Waals surface area (Å²) in [6.07, 6.45) is 2.26. The molecule has 136 valence electrons. The average molecular weight is 373 g/mol. The number of carboxylic acid groups (broad SMARTS) is 1. The molecule has 8 heteroatoms. The maximum atomic E-state index is 12.5. The number of amides is 2. The summed E-state index contributed by atoms with van der Waals surface area (Å²) >= 11 is 1.25. The van der Waals surface area contributed by atoms with E-state index in [1.807, 2.05) is 0 Å². The number of hydrogen-bond acceptors (Lipinski definition) is 5. The maximum Gasteiger partial charge on any atom is 0.355 e. The van der Waals surface area contributed by atoms with E-state index in [1.54, 1.807) is 36.2 Å². The van der Waals surface area contributed by atoms with E-state index in [-0.39, 0.29) is 23.4 Å². The molecule has 2 aromatic rings. The van der Waals surface area contributed by atoms with Crippen molar-refractivity contribution in [2.75, 3.05) is 18.5 Å². The van der Waals surface area contributed by atoms with E-state index in [0.29, 0.717) is 29.2 Å². The third-order valence-corrected chi connectivity index (χ3v) is 5.07. The molecule has 1 heterocycles. The zero-order valence-corrected chi connectivity index (χ0v) is 15.1. The Morgan fingerprint density at radius 3 is 2.69 bits per heavy atom. The molecule has 1 saturated carbocycles. The second kappa shape index (κ2) is 7.65. The summed E-state index contributed by atoms with van der Waals surface area (Å²) < 4.78 is 0. The van der Waals surface area contributed by atoms with Crippen molar-refractivity contribution in [2.24, 2.45) is 5.92 Å². The SMILES string of the molecule is CN(C(=O)C1CC1)c1ccccc1C(=O)NCCc1nc(C(=O)O)cs1. The monoisotopic (exact) mass is 373 g/mol. The van der Waals surface area contributed by atoms with Crippen LogP contribution in [0, 0.1) is 5.92 Å². The largest absolute Gasteiger partial charge is 0.476 e. The van der Waals surface area contributed by atoms with Gasteiger partial charge in [-0.15, -0.1) is 11.3 Å². The van der Waals surface area contributed by atoms with Crippen LogP contribution in [0.3, 0.4) is 0 Å². The molecule has 1 aromatic heterocycles. The summed E-state index contributed by atoms with van der Waals surface area (Å²) in [4.78, 5) is 41.2. The molecule has 0 radical (unpaired) electrons. The molecule has 0 spiro atoms. The Morgan fingerprint density at radius 2 is 2.04 bits per heavy atom. The zero-order valence-electron chi connectivity index (χ0n) is 14.3. The van der Waals surface area contributed by atoms with Crippen LogP contribution < -0.4 is 10.2 Å². The van der Waals surface area contributed by atoms with Gasteiger partial charge in [-0.1, -0.05) is 12.1 Å². The van der Waals surface area contributed by atoms with Gasteiger partial charge >= 0.3 is 5.97 Å². The second-order valence-electron chi connectivity index (χ2n) is 6.13.